The van der Waals surface area contributed by atoms with E-state index in [0.29, 0.717) is 22.4 Å². The third-order valence-corrected chi connectivity index (χ3v) is 8.79. The Bertz CT molecular complexity index is 977. The molecule has 0 aromatic carbocycles. The number of carbonyl (C=O) groups is 2. The van der Waals surface area contributed by atoms with Gasteiger partial charge >= 0.3 is 0 Å². The maximum absolute atomic E-state index is 12.7. The van der Waals surface area contributed by atoms with Gasteiger partial charge in [-0.2, -0.15) is 0 Å². The lowest BCUT2D eigenvalue weighted by Crippen LogP contribution is -2.20. The Labute approximate surface area is 197 Å². The summed E-state index contributed by atoms with van der Waals surface area (Å²) in [5.74, 6) is 1.92. The van der Waals surface area contributed by atoms with Crippen molar-refractivity contribution < 1.29 is 9.59 Å². The second-order valence-corrected chi connectivity index (χ2v) is 11.2. The van der Waals surface area contributed by atoms with Crippen LogP contribution in [0.5, 0.6) is 0 Å². The number of amides is 2. The van der Waals surface area contributed by atoms with Crippen molar-refractivity contribution in [3.05, 3.63) is 21.8 Å². The summed E-state index contributed by atoms with van der Waals surface area (Å²) >= 11 is 2.90. The zero-order valence-corrected chi connectivity index (χ0v) is 20.6. The van der Waals surface area contributed by atoms with Gasteiger partial charge in [0.2, 0.25) is 5.91 Å². The number of thiophene rings is 1. The molecule has 7 nitrogen and oxygen atoms in total. The second kappa shape index (κ2) is 10.4. The Kier molecular flexibility index (Phi) is 7.55. The third-order valence-electron chi connectivity index (χ3n) is 6.65. The molecule has 2 aliphatic rings. The molecule has 1 unspecified atom stereocenters. The summed E-state index contributed by atoms with van der Waals surface area (Å²) in [5, 5.41) is 13.1. The molecule has 174 valence electrons. The van der Waals surface area contributed by atoms with E-state index in [1.165, 1.54) is 60.1 Å². The summed E-state index contributed by atoms with van der Waals surface area (Å²) in [7, 11) is 0. The molecule has 4 rings (SSSR count). The molecule has 0 aliphatic heterocycles. The average Bonchev–Trinajstić information content (AvgIpc) is 3.32. The van der Waals surface area contributed by atoms with E-state index in [-0.39, 0.29) is 11.7 Å². The van der Waals surface area contributed by atoms with Crippen LogP contribution in [0, 0.1) is 11.8 Å². The van der Waals surface area contributed by atoms with Gasteiger partial charge in [0.25, 0.3) is 5.91 Å². The van der Waals surface area contributed by atoms with Crippen LogP contribution < -0.4 is 11.1 Å². The summed E-state index contributed by atoms with van der Waals surface area (Å²) in [6.45, 7) is 5.10. The average molecular weight is 476 g/mol. The first kappa shape index (κ1) is 23.3. The lowest BCUT2D eigenvalue weighted by atomic mass is 9.87. The fourth-order valence-corrected chi connectivity index (χ4v) is 7.19. The molecule has 2 aliphatic carbocycles. The first-order chi connectivity index (χ1) is 15.5. The number of primary amides is 1. The highest BCUT2D eigenvalue weighted by Crippen LogP contribution is 2.39. The summed E-state index contributed by atoms with van der Waals surface area (Å²) in [6.07, 6.45) is 10.3. The number of rotatable bonds is 8. The summed E-state index contributed by atoms with van der Waals surface area (Å²) in [6, 6.07) is 0. The van der Waals surface area contributed by atoms with Crippen molar-refractivity contribution in [2.75, 3.05) is 11.1 Å². The highest BCUT2D eigenvalue weighted by atomic mass is 32.2. The maximum atomic E-state index is 12.7. The van der Waals surface area contributed by atoms with Gasteiger partial charge in [0.05, 0.1) is 11.3 Å². The minimum Gasteiger partial charge on any atom is -0.365 e. The van der Waals surface area contributed by atoms with Crippen LogP contribution in [0.15, 0.2) is 5.16 Å². The van der Waals surface area contributed by atoms with Crippen molar-refractivity contribution >= 4 is 39.9 Å². The van der Waals surface area contributed by atoms with Gasteiger partial charge in [0.1, 0.15) is 10.8 Å². The number of nitrogens with zero attached hydrogens (tertiary/aromatic N) is 3. The quantitative estimate of drug-likeness (QED) is 0.550. The second-order valence-electron chi connectivity index (χ2n) is 9.11. The minimum absolute atomic E-state index is 0.149. The van der Waals surface area contributed by atoms with Crippen LogP contribution in [-0.4, -0.2) is 32.3 Å². The van der Waals surface area contributed by atoms with Gasteiger partial charge in [-0.05, 0) is 43.6 Å². The number of aromatic nitrogens is 3. The number of nitrogens with two attached hydrogens (primary N) is 1. The highest BCUT2D eigenvalue weighted by molar-refractivity contribution is 7.99. The van der Waals surface area contributed by atoms with Crippen molar-refractivity contribution in [3.63, 3.8) is 0 Å². The zero-order valence-electron chi connectivity index (χ0n) is 19.0. The first-order valence-corrected chi connectivity index (χ1v) is 13.6. The van der Waals surface area contributed by atoms with E-state index in [2.05, 4.69) is 33.9 Å². The minimum atomic E-state index is -0.460. The Morgan fingerprint density at radius 3 is 2.72 bits per heavy atom. The van der Waals surface area contributed by atoms with E-state index in [1.807, 2.05) is 0 Å². The van der Waals surface area contributed by atoms with E-state index >= 15 is 0 Å². The number of hydrogen-bond donors (Lipinski definition) is 2. The zero-order chi connectivity index (χ0) is 22.7. The molecule has 1 saturated carbocycles. The number of nitrogens with one attached hydrogen (secondary N) is 1. The van der Waals surface area contributed by atoms with Crippen molar-refractivity contribution in [1.29, 1.82) is 0 Å². The number of fused-ring (bicyclic) bond motifs is 1. The molecule has 0 bridgehead atoms. The van der Waals surface area contributed by atoms with Crippen molar-refractivity contribution in [3.8, 4) is 0 Å². The predicted octanol–water partition coefficient (Wildman–Crippen LogP) is 4.44. The molecule has 0 radical (unpaired) electrons. The normalized spacial score (nSPS) is 19.0. The molecule has 1 fully saturated rings. The van der Waals surface area contributed by atoms with Crippen molar-refractivity contribution in [2.24, 2.45) is 17.6 Å². The van der Waals surface area contributed by atoms with E-state index < -0.39 is 5.91 Å². The topological polar surface area (TPSA) is 103 Å². The highest BCUT2D eigenvalue weighted by Gasteiger charge is 2.27. The molecule has 0 spiro atoms. The molecule has 2 aromatic heterocycles. The van der Waals surface area contributed by atoms with Crippen LogP contribution in [0.4, 0.5) is 5.00 Å². The summed E-state index contributed by atoms with van der Waals surface area (Å²) in [5.41, 5.74) is 7.20. The fraction of sp³-hybridized carbons (Fsp3) is 0.652. The Balaban J connectivity index is 1.40. The number of carbonyl (C=O) groups excluding carboxylic acids is 2. The molecule has 3 N–H and O–H groups in total. The molecule has 0 saturated heterocycles. The smallest absolute Gasteiger partial charge is 0.251 e. The van der Waals surface area contributed by atoms with Crippen LogP contribution in [0.25, 0.3) is 0 Å². The Morgan fingerprint density at radius 1 is 1.22 bits per heavy atom. The lowest BCUT2D eigenvalue weighted by molar-refractivity contribution is -0.113. The van der Waals surface area contributed by atoms with Crippen molar-refractivity contribution in [1.82, 2.24) is 14.8 Å². The van der Waals surface area contributed by atoms with Gasteiger partial charge in [-0.25, -0.2) is 0 Å². The Morgan fingerprint density at radius 2 is 2.00 bits per heavy atom. The van der Waals surface area contributed by atoms with Crippen LogP contribution >= 0.6 is 23.1 Å². The van der Waals surface area contributed by atoms with Crippen LogP contribution in [-0.2, 0) is 30.6 Å². The van der Waals surface area contributed by atoms with E-state index in [1.54, 1.807) is 0 Å². The fourth-order valence-electron chi connectivity index (χ4n) is 4.94. The third kappa shape index (κ3) is 5.20. The molecular weight excluding hydrogens is 442 g/mol. The number of thioether (sulfide) groups is 1. The summed E-state index contributed by atoms with van der Waals surface area (Å²) < 4.78 is 2.13. The van der Waals surface area contributed by atoms with Gasteiger partial charge in [0, 0.05) is 17.8 Å². The molecular formula is C23H33N5O2S2. The lowest BCUT2D eigenvalue weighted by Gasteiger charge is -2.21. The Hall–Kier alpha value is -1.87. The predicted molar refractivity (Wildman–Crippen MR) is 129 cm³/mol. The van der Waals surface area contributed by atoms with Crippen LogP contribution in [0.1, 0.15) is 79.0 Å². The van der Waals surface area contributed by atoms with E-state index in [0.717, 1.165) is 48.8 Å². The monoisotopic (exact) mass is 475 g/mol. The van der Waals surface area contributed by atoms with Crippen molar-refractivity contribution in [2.45, 2.75) is 83.3 Å². The van der Waals surface area contributed by atoms with Crippen LogP contribution in [0.3, 0.4) is 0 Å². The van der Waals surface area contributed by atoms with E-state index in [9.17, 15) is 9.59 Å². The molecule has 2 amide bonds. The molecule has 2 heterocycles. The molecule has 32 heavy (non-hydrogen) atoms. The van der Waals surface area contributed by atoms with Gasteiger partial charge < -0.3 is 15.6 Å². The van der Waals surface area contributed by atoms with Crippen LogP contribution in [0.2, 0.25) is 0 Å². The van der Waals surface area contributed by atoms with Gasteiger partial charge in [-0.15, -0.1) is 21.5 Å². The van der Waals surface area contributed by atoms with E-state index in [4.69, 9.17) is 5.73 Å². The first-order valence-electron chi connectivity index (χ1n) is 11.7. The standard InChI is InChI=1S/C23H33N5O2S2/c1-3-28-18(12-15-7-5-4-6-8-15)26-27-23(28)31-13-19(29)25-22-20(21(24)30)16-10-9-14(2)11-17(16)32-22/h14-15H,3-13H2,1-2H3,(H2,24,30)(H,25,29). The molecule has 9 heteroatoms. The molecule has 2 aromatic rings. The number of hydrogen-bond acceptors (Lipinski definition) is 6. The molecule has 1 atom stereocenters. The van der Waals surface area contributed by atoms with Gasteiger partial charge in [0.15, 0.2) is 5.16 Å². The van der Waals surface area contributed by atoms with Gasteiger partial charge in [-0.1, -0.05) is 50.8 Å². The largest absolute Gasteiger partial charge is 0.365 e. The SMILES string of the molecule is CCn1c(CC2CCCCC2)nnc1SCC(=O)Nc1sc2c(c1C(N)=O)CCC(C)C2. The summed E-state index contributed by atoms with van der Waals surface area (Å²) in [4.78, 5) is 26.0. The van der Waals surface area contributed by atoms with Gasteiger partial charge in [-0.3, -0.25) is 9.59 Å². The maximum Gasteiger partial charge on any atom is 0.251 e. The number of anilines is 1.